The van der Waals surface area contributed by atoms with Crippen molar-refractivity contribution in [2.45, 2.75) is 84.0 Å². The Hall–Kier alpha value is -1.29. The summed E-state index contributed by atoms with van der Waals surface area (Å²) in [6.07, 6.45) is -10.1. The third-order valence-corrected chi connectivity index (χ3v) is 7.06. The molecule has 228 valence electrons. The Kier molecular flexibility index (Phi) is 8.09. The monoisotopic (exact) mass is 634 g/mol. The number of rotatable bonds is 9. The van der Waals surface area contributed by atoms with Gasteiger partial charge in [-0.1, -0.05) is 0 Å². The summed E-state index contributed by atoms with van der Waals surface area (Å²) in [5, 5.41) is -3.79. The minimum Gasteiger partial charge on any atom is -0.373 e. The van der Waals surface area contributed by atoms with E-state index in [-0.39, 0.29) is 6.42 Å². The van der Waals surface area contributed by atoms with Gasteiger partial charge in [0.05, 0.1) is 10.2 Å². The molecule has 1 rings (SSSR count). The Morgan fingerprint density at radius 3 is 0.974 bits per heavy atom. The molecule has 1 aliphatic rings. The van der Waals surface area contributed by atoms with Crippen molar-refractivity contribution < 1.29 is 96.9 Å². The van der Waals surface area contributed by atoms with E-state index >= 15 is 0 Å². The van der Waals surface area contributed by atoms with Crippen molar-refractivity contribution >= 4 is 10.2 Å². The number of alkyl halides is 21. The minimum absolute atomic E-state index is 0.214. The summed E-state index contributed by atoms with van der Waals surface area (Å²) in [5.74, 6) is -76.8. The van der Waals surface area contributed by atoms with Crippen LogP contribution in [0.5, 0.6) is 0 Å². The fraction of sp³-hybridized carbons (Fsp3) is 1.00. The maximum absolute atomic E-state index is 14.3. The lowest BCUT2D eigenvalue weighted by Crippen LogP contribution is -2.78. The molecule has 1 unspecified atom stereocenters. The zero-order valence-corrected chi connectivity index (χ0v) is 19.7. The van der Waals surface area contributed by atoms with E-state index in [0.29, 0.717) is 0 Å². The lowest BCUT2D eigenvalue weighted by molar-refractivity contribution is -0.476. The SMILES string of the molecule is FC(F)(F)C(F)(F)C(F)(F)C(F)(F)C(F)(F)C(F)(F)C(F)(F)C(F)(F)C(F)(F)C(F)(F)C1([SiH3])CCCCO1. The van der Waals surface area contributed by atoms with Crippen molar-refractivity contribution in [3.05, 3.63) is 0 Å². The van der Waals surface area contributed by atoms with E-state index in [4.69, 9.17) is 0 Å². The van der Waals surface area contributed by atoms with E-state index in [2.05, 4.69) is 4.74 Å². The molecule has 0 aliphatic carbocycles. The average Bonchev–Trinajstić information content (AvgIpc) is 2.72. The zero-order valence-electron chi connectivity index (χ0n) is 17.7. The van der Waals surface area contributed by atoms with Crippen LogP contribution in [-0.2, 0) is 4.74 Å². The fourth-order valence-corrected chi connectivity index (χ4v) is 3.94. The quantitative estimate of drug-likeness (QED) is 0.207. The highest BCUT2D eigenvalue weighted by Crippen LogP contribution is 2.67. The highest BCUT2D eigenvalue weighted by Gasteiger charge is 2.98. The van der Waals surface area contributed by atoms with Crippen LogP contribution < -0.4 is 0 Å². The van der Waals surface area contributed by atoms with Gasteiger partial charge in [0.15, 0.2) is 0 Å². The molecule has 1 nitrogen and oxygen atoms in total. The summed E-state index contributed by atoms with van der Waals surface area (Å²) in [4.78, 5) is 0. The molecule has 0 spiro atoms. The molecular formula is C15H11F21OSi. The largest absolute Gasteiger partial charge is 0.460 e. The molecule has 0 amide bonds. The maximum Gasteiger partial charge on any atom is 0.460 e. The first-order valence-electron chi connectivity index (χ1n) is 9.31. The molecule has 23 heteroatoms. The van der Waals surface area contributed by atoms with Gasteiger partial charge in [-0.3, -0.25) is 0 Å². The Labute approximate surface area is 199 Å². The van der Waals surface area contributed by atoms with E-state index in [1.165, 1.54) is 0 Å². The maximum atomic E-state index is 14.3. The molecule has 0 aromatic rings. The average molecular weight is 634 g/mol. The molecule has 0 aromatic carbocycles. The molecule has 0 N–H and O–H groups in total. The Morgan fingerprint density at radius 2 is 0.711 bits per heavy atom. The van der Waals surface area contributed by atoms with Crippen LogP contribution in [-0.4, -0.2) is 81.6 Å². The second-order valence-corrected chi connectivity index (χ2v) is 9.82. The Bertz CT molecular complexity index is 868. The van der Waals surface area contributed by atoms with Gasteiger partial charge < -0.3 is 4.74 Å². The molecule has 1 saturated heterocycles. The smallest absolute Gasteiger partial charge is 0.373 e. The molecule has 0 bridgehead atoms. The zero-order chi connectivity index (χ0) is 31.0. The molecule has 1 atom stereocenters. The van der Waals surface area contributed by atoms with Gasteiger partial charge >= 0.3 is 59.5 Å². The standard InChI is InChI=1S/C15H11F21OSi/c16-6(17,5(38)3-1-2-4-37-5)7(18,19)8(20,21)9(22,23)10(24,25)11(26,27)12(28,29)13(30,31)14(32,33)15(34,35)36/h1-4H2,38H3. The van der Waals surface area contributed by atoms with Gasteiger partial charge in [0.1, 0.15) is 5.22 Å². The molecule has 1 aliphatic heterocycles. The van der Waals surface area contributed by atoms with E-state index in [1.54, 1.807) is 0 Å². The molecule has 1 fully saturated rings. The van der Waals surface area contributed by atoms with Gasteiger partial charge in [0.25, 0.3) is 0 Å². The minimum atomic E-state index is -9.16. The van der Waals surface area contributed by atoms with E-state index < -0.39 is 94.4 Å². The molecule has 38 heavy (non-hydrogen) atoms. The molecule has 0 saturated carbocycles. The third kappa shape index (κ3) is 4.05. The fourth-order valence-electron chi connectivity index (χ4n) is 3.07. The van der Waals surface area contributed by atoms with E-state index in [9.17, 15) is 92.2 Å². The number of ether oxygens (including phenoxy) is 1. The lowest BCUT2D eigenvalue weighted by atomic mass is 9.84. The highest BCUT2D eigenvalue weighted by atomic mass is 28.1. The van der Waals surface area contributed by atoms with E-state index in [0.717, 1.165) is 0 Å². The number of hydrogen-bond donors (Lipinski definition) is 0. The van der Waals surface area contributed by atoms with Crippen LogP contribution >= 0.6 is 0 Å². The van der Waals surface area contributed by atoms with Crippen LogP contribution in [0.25, 0.3) is 0 Å². The highest BCUT2D eigenvalue weighted by molar-refractivity contribution is 6.15. The van der Waals surface area contributed by atoms with Gasteiger partial charge in [-0.25, -0.2) is 0 Å². The van der Waals surface area contributed by atoms with E-state index in [1.807, 2.05) is 0 Å². The van der Waals surface area contributed by atoms with Gasteiger partial charge in [-0.15, -0.1) is 0 Å². The first-order chi connectivity index (χ1) is 16.2. The number of hydrogen-bond acceptors (Lipinski definition) is 1. The summed E-state index contributed by atoms with van der Waals surface area (Å²) in [7, 11) is -1.48. The van der Waals surface area contributed by atoms with Crippen molar-refractivity contribution in [1.29, 1.82) is 0 Å². The molecule has 0 aromatic heterocycles. The van der Waals surface area contributed by atoms with Crippen molar-refractivity contribution in [2.24, 2.45) is 0 Å². The predicted molar refractivity (Wildman–Crippen MR) is 83.1 cm³/mol. The second-order valence-electron chi connectivity index (χ2n) is 8.20. The van der Waals surface area contributed by atoms with Gasteiger partial charge in [-0.05, 0) is 19.3 Å². The number of halogens is 21. The normalized spacial score (nSPS) is 22.7. The summed E-state index contributed by atoms with van der Waals surface area (Å²) in [5.41, 5.74) is 0. The summed E-state index contributed by atoms with van der Waals surface area (Å²) < 4.78 is 286. The first kappa shape index (κ1) is 34.7. The Balaban J connectivity index is 3.78. The van der Waals surface area contributed by atoms with Crippen LogP contribution in [0.3, 0.4) is 0 Å². The van der Waals surface area contributed by atoms with Crippen LogP contribution in [0.1, 0.15) is 19.3 Å². The third-order valence-electron chi connectivity index (χ3n) is 5.64. The summed E-state index contributed by atoms with van der Waals surface area (Å²) in [6.45, 7) is -0.930. The van der Waals surface area contributed by atoms with Crippen LogP contribution in [0, 0.1) is 0 Å². The van der Waals surface area contributed by atoms with Crippen molar-refractivity contribution in [3.8, 4) is 0 Å². The summed E-state index contributed by atoms with van der Waals surface area (Å²) >= 11 is 0. The van der Waals surface area contributed by atoms with Gasteiger partial charge in [0, 0.05) is 6.61 Å². The molecule has 0 radical (unpaired) electrons. The predicted octanol–water partition coefficient (Wildman–Crippen LogP) is 6.53. The van der Waals surface area contributed by atoms with Crippen molar-refractivity contribution in [2.75, 3.05) is 6.61 Å². The van der Waals surface area contributed by atoms with Crippen LogP contribution in [0.15, 0.2) is 0 Å². The van der Waals surface area contributed by atoms with Crippen molar-refractivity contribution in [3.63, 3.8) is 0 Å². The Morgan fingerprint density at radius 1 is 0.421 bits per heavy atom. The topological polar surface area (TPSA) is 9.23 Å². The van der Waals surface area contributed by atoms with Gasteiger partial charge in [-0.2, -0.15) is 92.2 Å². The lowest BCUT2D eigenvalue weighted by Gasteiger charge is -2.48. The molecular weight excluding hydrogens is 623 g/mol. The van der Waals surface area contributed by atoms with Crippen LogP contribution in [0.2, 0.25) is 0 Å². The summed E-state index contributed by atoms with van der Waals surface area (Å²) in [6, 6.07) is 0. The van der Waals surface area contributed by atoms with Crippen LogP contribution in [0.4, 0.5) is 92.2 Å². The van der Waals surface area contributed by atoms with Crippen molar-refractivity contribution in [1.82, 2.24) is 0 Å². The first-order valence-corrected chi connectivity index (χ1v) is 10.3. The second kappa shape index (κ2) is 8.85. The molecule has 1 heterocycles. The van der Waals surface area contributed by atoms with Gasteiger partial charge in [0.2, 0.25) is 0 Å².